The van der Waals surface area contributed by atoms with Crippen molar-refractivity contribution in [2.75, 3.05) is 0 Å². The molecule has 2 aromatic rings. The van der Waals surface area contributed by atoms with Gasteiger partial charge in [-0.3, -0.25) is 4.98 Å². The van der Waals surface area contributed by atoms with Crippen molar-refractivity contribution >= 4 is 0 Å². The molecule has 3 nitrogen and oxygen atoms in total. The monoisotopic (exact) mass is 144 g/mol. The number of aromatic nitrogens is 3. The van der Waals surface area contributed by atoms with E-state index in [1.165, 1.54) is 0 Å². The Bertz CT molecular complexity index is 312. The lowest BCUT2D eigenvalue weighted by Crippen LogP contribution is -1.89. The first kappa shape index (κ1) is 6.09. The molecule has 0 bridgehead atoms. The SMILES string of the molecule is [c]1cncc(-n2ccnc2)c1. The minimum absolute atomic E-state index is 0.977. The quantitative estimate of drug-likeness (QED) is 0.599. The van der Waals surface area contributed by atoms with E-state index in [1.54, 1.807) is 24.9 Å². The number of rotatable bonds is 1. The van der Waals surface area contributed by atoms with E-state index in [4.69, 9.17) is 0 Å². The van der Waals surface area contributed by atoms with Crippen LogP contribution in [-0.4, -0.2) is 14.5 Å². The second-order valence-electron chi connectivity index (χ2n) is 2.11. The zero-order chi connectivity index (χ0) is 7.52. The van der Waals surface area contributed by atoms with Crippen LogP contribution in [0.3, 0.4) is 0 Å². The Kier molecular flexibility index (Phi) is 1.41. The van der Waals surface area contributed by atoms with E-state index in [9.17, 15) is 0 Å². The van der Waals surface area contributed by atoms with Crippen LogP contribution in [0.4, 0.5) is 0 Å². The smallest absolute Gasteiger partial charge is 0.0992 e. The highest BCUT2D eigenvalue weighted by Gasteiger charge is 1.91. The van der Waals surface area contributed by atoms with E-state index in [0.717, 1.165) is 5.69 Å². The van der Waals surface area contributed by atoms with E-state index < -0.39 is 0 Å². The average Bonchev–Trinajstić information content (AvgIpc) is 2.58. The molecule has 0 aliphatic rings. The van der Waals surface area contributed by atoms with Crippen LogP contribution in [-0.2, 0) is 0 Å². The van der Waals surface area contributed by atoms with Crippen molar-refractivity contribution in [3.63, 3.8) is 0 Å². The molecule has 3 heteroatoms. The van der Waals surface area contributed by atoms with Gasteiger partial charge in [-0.1, -0.05) is 0 Å². The van der Waals surface area contributed by atoms with Gasteiger partial charge in [0.15, 0.2) is 0 Å². The summed E-state index contributed by atoms with van der Waals surface area (Å²) < 4.78 is 1.88. The van der Waals surface area contributed by atoms with Crippen LogP contribution >= 0.6 is 0 Å². The highest BCUT2D eigenvalue weighted by Crippen LogP contribution is 2.01. The average molecular weight is 144 g/mol. The van der Waals surface area contributed by atoms with Gasteiger partial charge >= 0.3 is 0 Å². The number of hydrogen-bond donors (Lipinski definition) is 0. The van der Waals surface area contributed by atoms with Crippen LogP contribution in [0.2, 0.25) is 0 Å². The number of nitrogens with zero attached hydrogens (tertiary/aromatic N) is 3. The summed E-state index contributed by atoms with van der Waals surface area (Å²) in [6.45, 7) is 0. The number of pyridine rings is 1. The molecule has 0 amide bonds. The van der Waals surface area contributed by atoms with Crippen molar-refractivity contribution in [3.8, 4) is 5.69 Å². The topological polar surface area (TPSA) is 30.7 Å². The summed E-state index contributed by atoms with van der Waals surface area (Å²) in [6, 6.07) is 4.75. The molecular weight excluding hydrogens is 138 g/mol. The zero-order valence-electron chi connectivity index (χ0n) is 5.81. The molecule has 0 N–H and O–H groups in total. The van der Waals surface area contributed by atoms with E-state index in [0.29, 0.717) is 0 Å². The van der Waals surface area contributed by atoms with Gasteiger partial charge in [-0.2, -0.15) is 0 Å². The fraction of sp³-hybridized carbons (Fsp3) is 0. The van der Waals surface area contributed by atoms with Crippen molar-refractivity contribution in [2.24, 2.45) is 0 Å². The summed E-state index contributed by atoms with van der Waals surface area (Å²) in [7, 11) is 0. The second kappa shape index (κ2) is 2.54. The molecule has 2 heterocycles. The third-order valence-electron chi connectivity index (χ3n) is 1.39. The standard InChI is InChI=1S/C8H6N3/c1-2-8(6-9-3-1)11-5-4-10-7-11/h2-7H. The van der Waals surface area contributed by atoms with Crippen molar-refractivity contribution in [1.82, 2.24) is 14.5 Å². The van der Waals surface area contributed by atoms with Crippen molar-refractivity contribution in [1.29, 1.82) is 0 Å². The Labute approximate surface area is 64.3 Å². The lowest BCUT2D eigenvalue weighted by Gasteiger charge is -1.97. The van der Waals surface area contributed by atoms with Crippen LogP contribution in [0.1, 0.15) is 0 Å². The van der Waals surface area contributed by atoms with Crippen molar-refractivity contribution < 1.29 is 0 Å². The van der Waals surface area contributed by atoms with Crippen LogP contribution in [0.15, 0.2) is 37.2 Å². The van der Waals surface area contributed by atoms with Gasteiger partial charge in [0.05, 0.1) is 18.2 Å². The Morgan fingerprint density at radius 3 is 3.00 bits per heavy atom. The molecule has 1 radical (unpaired) electrons. The molecule has 11 heavy (non-hydrogen) atoms. The van der Waals surface area contributed by atoms with E-state index in [-0.39, 0.29) is 0 Å². The van der Waals surface area contributed by atoms with Crippen LogP contribution < -0.4 is 0 Å². The molecule has 2 aromatic heterocycles. The Morgan fingerprint density at radius 2 is 2.36 bits per heavy atom. The van der Waals surface area contributed by atoms with Crippen LogP contribution in [0.25, 0.3) is 5.69 Å². The predicted molar refractivity (Wildman–Crippen MR) is 40.2 cm³/mol. The Balaban J connectivity index is 2.46. The number of imidazole rings is 1. The molecule has 0 spiro atoms. The zero-order valence-corrected chi connectivity index (χ0v) is 5.81. The van der Waals surface area contributed by atoms with Crippen molar-refractivity contribution in [3.05, 3.63) is 43.2 Å². The summed E-state index contributed by atoms with van der Waals surface area (Å²) >= 11 is 0. The summed E-state index contributed by atoms with van der Waals surface area (Å²) in [5, 5.41) is 0. The number of hydrogen-bond acceptors (Lipinski definition) is 2. The highest BCUT2D eigenvalue weighted by molar-refractivity contribution is 5.26. The van der Waals surface area contributed by atoms with Gasteiger partial charge in [0.25, 0.3) is 0 Å². The molecule has 0 saturated heterocycles. The van der Waals surface area contributed by atoms with Gasteiger partial charge in [-0.05, 0) is 6.07 Å². The largest absolute Gasteiger partial charge is 0.305 e. The molecule has 0 saturated carbocycles. The fourth-order valence-corrected chi connectivity index (χ4v) is 0.870. The summed E-state index contributed by atoms with van der Waals surface area (Å²) in [6.07, 6.45) is 8.71. The molecule has 0 aromatic carbocycles. The maximum atomic E-state index is 3.94. The lowest BCUT2D eigenvalue weighted by atomic mass is 10.4. The van der Waals surface area contributed by atoms with Crippen molar-refractivity contribution in [2.45, 2.75) is 0 Å². The van der Waals surface area contributed by atoms with E-state index in [1.807, 2.05) is 16.8 Å². The van der Waals surface area contributed by atoms with E-state index >= 15 is 0 Å². The fourth-order valence-electron chi connectivity index (χ4n) is 0.870. The van der Waals surface area contributed by atoms with E-state index in [2.05, 4.69) is 16.0 Å². The first-order chi connectivity index (χ1) is 5.47. The molecule has 2 rings (SSSR count). The lowest BCUT2D eigenvalue weighted by molar-refractivity contribution is 1.04. The molecule has 0 aliphatic heterocycles. The van der Waals surface area contributed by atoms with Crippen LogP contribution in [0.5, 0.6) is 0 Å². The van der Waals surface area contributed by atoms with Gasteiger partial charge in [-0.25, -0.2) is 4.98 Å². The Morgan fingerprint density at radius 1 is 1.36 bits per heavy atom. The maximum Gasteiger partial charge on any atom is 0.0992 e. The summed E-state index contributed by atoms with van der Waals surface area (Å²) in [4.78, 5) is 7.86. The Hall–Kier alpha value is -1.64. The molecule has 53 valence electrons. The maximum absolute atomic E-state index is 3.94. The third-order valence-corrected chi connectivity index (χ3v) is 1.39. The first-order valence-corrected chi connectivity index (χ1v) is 3.26. The normalized spacial score (nSPS) is 9.82. The molecular formula is C8H6N3. The van der Waals surface area contributed by atoms with Gasteiger partial charge in [0.2, 0.25) is 0 Å². The third kappa shape index (κ3) is 1.12. The minimum Gasteiger partial charge on any atom is -0.305 e. The predicted octanol–water partition coefficient (Wildman–Crippen LogP) is 1.07. The van der Waals surface area contributed by atoms with Gasteiger partial charge < -0.3 is 4.57 Å². The minimum atomic E-state index is 0.977. The van der Waals surface area contributed by atoms with Gasteiger partial charge in [0, 0.05) is 24.7 Å². The van der Waals surface area contributed by atoms with Crippen LogP contribution in [0, 0.1) is 6.07 Å². The summed E-state index contributed by atoms with van der Waals surface area (Å²) in [5.41, 5.74) is 0.977. The molecule has 0 aliphatic carbocycles. The highest BCUT2D eigenvalue weighted by atomic mass is 15.0. The molecule has 0 atom stereocenters. The molecule has 0 unspecified atom stereocenters. The summed E-state index contributed by atoms with van der Waals surface area (Å²) in [5.74, 6) is 0. The van der Waals surface area contributed by atoms with Gasteiger partial charge in [-0.15, -0.1) is 0 Å². The molecule has 0 fully saturated rings. The van der Waals surface area contributed by atoms with Gasteiger partial charge in [0.1, 0.15) is 0 Å². The second-order valence-corrected chi connectivity index (χ2v) is 2.11. The first-order valence-electron chi connectivity index (χ1n) is 3.26.